The topological polar surface area (TPSA) is 79.6 Å². The van der Waals surface area contributed by atoms with Crippen molar-refractivity contribution < 1.29 is 14.2 Å². The van der Waals surface area contributed by atoms with Gasteiger partial charge in [-0.2, -0.15) is 10.5 Å². The van der Waals surface area contributed by atoms with E-state index in [0.717, 1.165) is 84.0 Å². The Morgan fingerprint density at radius 1 is 0.370 bits per heavy atom. The van der Waals surface area contributed by atoms with Gasteiger partial charge in [0, 0.05) is 0 Å². The molecule has 0 saturated heterocycles. The van der Waals surface area contributed by atoms with Crippen LogP contribution >= 0.6 is 0 Å². The molecule has 7 aromatic carbocycles. The van der Waals surface area contributed by atoms with Gasteiger partial charge < -0.3 is 14.2 Å². The lowest BCUT2D eigenvalue weighted by Crippen LogP contribution is -2.02. The van der Waals surface area contributed by atoms with Crippen LogP contribution < -0.4 is 14.2 Å². The Morgan fingerprint density at radius 2 is 0.593 bits per heavy atom. The van der Waals surface area contributed by atoms with Crippen LogP contribution in [0, 0.1) is 29.2 Å². The van der Waals surface area contributed by atoms with Gasteiger partial charge in [0.15, 0.2) is 5.69 Å². The van der Waals surface area contributed by atoms with Crippen LogP contribution in [0.15, 0.2) is 146 Å². The minimum Gasteiger partial charge on any atom is -0.497 e. The molecule has 6 nitrogen and oxygen atoms in total. The van der Waals surface area contributed by atoms with Gasteiger partial charge in [-0.1, -0.05) is 84.9 Å². The summed E-state index contributed by atoms with van der Waals surface area (Å²) in [6.45, 7) is 7.71. The van der Waals surface area contributed by atoms with Crippen LogP contribution in [0.5, 0.6) is 17.2 Å². The van der Waals surface area contributed by atoms with Crippen molar-refractivity contribution in [1.29, 1.82) is 10.5 Å². The molecule has 0 bridgehead atoms. The monoisotopic (exact) mass is 699 g/mol. The predicted octanol–water partition coefficient (Wildman–Crippen LogP) is 12.0. The molecule has 0 heterocycles. The van der Waals surface area contributed by atoms with Crippen molar-refractivity contribution in [2.24, 2.45) is 0 Å². The van der Waals surface area contributed by atoms with Crippen molar-refractivity contribution in [1.82, 2.24) is 0 Å². The molecule has 0 aliphatic rings. The molecule has 0 saturated carbocycles. The molecular formula is C48H33N3O3. The molecule has 0 aliphatic carbocycles. The van der Waals surface area contributed by atoms with E-state index >= 15 is 0 Å². The number of nitriles is 2. The number of hydrogen-bond acceptors (Lipinski definition) is 5. The van der Waals surface area contributed by atoms with Crippen molar-refractivity contribution in [3.8, 4) is 96.1 Å². The van der Waals surface area contributed by atoms with Gasteiger partial charge in [-0.25, -0.2) is 4.85 Å². The minimum absolute atomic E-state index is 0.533. The minimum atomic E-state index is 0.533. The molecule has 0 aromatic heterocycles. The molecule has 0 aliphatic heterocycles. The van der Waals surface area contributed by atoms with E-state index in [9.17, 15) is 10.5 Å². The molecule has 6 heteroatoms. The first-order chi connectivity index (χ1) is 26.5. The summed E-state index contributed by atoms with van der Waals surface area (Å²) < 4.78 is 16.8. The van der Waals surface area contributed by atoms with Gasteiger partial charge in [0.2, 0.25) is 0 Å². The van der Waals surface area contributed by atoms with E-state index in [4.69, 9.17) is 20.8 Å². The summed E-state index contributed by atoms with van der Waals surface area (Å²) >= 11 is 0. The van der Waals surface area contributed by atoms with Gasteiger partial charge in [0.05, 0.1) is 51.2 Å². The molecule has 0 atom stereocenters. The van der Waals surface area contributed by atoms with Crippen LogP contribution in [0.4, 0.5) is 5.69 Å². The fraction of sp³-hybridized carbons (Fsp3) is 0.0625. The van der Waals surface area contributed by atoms with Crippen LogP contribution in [0.3, 0.4) is 0 Å². The highest BCUT2D eigenvalue weighted by Gasteiger charge is 2.29. The smallest absolute Gasteiger partial charge is 0.187 e. The lowest BCUT2D eigenvalue weighted by molar-refractivity contribution is 0.415. The van der Waals surface area contributed by atoms with Gasteiger partial charge >= 0.3 is 0 Å². The summed E-state index contributed by atoms with van der Waals surface area (Å²) in [4.78, 5) is 3.69. The molecule has 0 amide bonds. The third-order valence-corrected chi connectivity index (χ3v) is 9.53. The molecule has 0 N–H and O–H groups in total. The quantitative estimate of drug-likeness (QED) is 0.140. The second-order valence-corrected chi connectivity index (χ2v) is 12.5. The molecule has 0 fully saturated rings. The third-order valence-electron chi connectivity index (χ3n) is 9.53. The number of nitrogens with zero attached hydrogens (tertiary/aromatic N) is 3. The number of rotatable bonds is 9. The van der Waals surface area contributed by atoms with E-state index in [-0.39, 0.29) is 0 Å². The summed E-state index contributed by atoms with van der Waals surface area (Å²) in [6.07, 6.45) is 0. The van der Waals surface area contributed by atoms with Crippen molar-refractivity contribution >= 4 is 5.69 Å². The highest BCUT2D eigenvalue weighted by molar-refractivity contribution is 6.15. The first kappa shape index (κ1) is 34.8. The Bertz CT molecular complexity index is 2260. The first-order valence-electron chi connectivity index (χ1n) is 17.2. The maximum Gasteiger partial charge on any atom is 0.187 e. The first-order valence-corrected chi connectivity index (χ1v) is 17.2. The largest absolute Gasteiger partial charge is 0.497 e. The van der Waals surface area contributed by atoms with E-state index in [1.165, 1.54) is 0 Å². The summed E-state index contributed by atoms with van der Waals surface area (Å²) in [5, 5.41) is 19.6. The second-order valence-electron chi connectivity index (χ2n) is 12.5. The highest BCUT2D eigenvalue weighted by atomic mass is 16.5. The molecule has 7 aromatic rings. The van der Waals surface area contributed by atoms with E-state index in [1.807, 2.05) is 109 Å². The van der Waals surface area contributed by atoms with Crippen molar-refractivity contribution in [3.05, 3.63) is 168 Å². The maximum atomic E-state index is 9.81. The Morgan fingerprint density at radius 3 is 0.796 bits per heavy atom. The number of benzene rings is 7. The van der Waals surface area contributed by atoms with Crippen LogP contribution in [-0.2, 0) is 0 Å². The maximum absolute atomic E-state index is 9.81. The molecule has 54 heavy (non-hydrogen) atoms. The standard InChI is InChI=1S/C48H33N3O3/c1-51-39-21-13-35(14-22-39)45-47(37-17-25-41(53-3)26-18-37)43(33-9-5-31(29-49)6-10-33)46(36-15-23-40(52-2)24-16-36)44(34-11-7-32(30-50)8-12-34)48(45)38-19-27-42(54-4)28-20-38/h5-28H,2-4H3. The number of hydrogen-bond donors (Lipinski definition) is 0. The summed E-state index contributed by atoms with van der Waals surface area (Å²) in [5.41, 5.74) is 12.8. The molecular weight excluding hydrogens is 667 g/mol. The van der Waals surface area contributed by atoms with E-state index < -0.39 is 0 Å². The zero-order valence-electron chi connectivity index (χ0n) is 29.9. The zero-order chi connectivity index (χ0) is 37.6. The summed E-state index contributed by atoms with van der Waals surface area (Å²) in [5.74, 6) is 2.17. The van der Waals surface area contributed by atoms with E-state index in [0.29, 0.717) is 16.8 Å². The Labute approximate surface area is 315 Å². The Kier molecular flexibility index (Phi) is 9.90. The van der Waals surface area contributed by atoms with Crippen molar-refractivity contribution in [2.75, 3.05) is 21.3 Å². The van der Waals surface area contributed by atoms with Crippen LogP contribution in [-0.4, -0.2) is 21.3 Å². The SMILES string of the molecule is [C-]#[N+]c1ccc(-c2c(-c3ccc(OC)cc3)c(-c3ccc(C#N)cc3)c(-c3ccc(OC)cc3)c(-c3ccc(C#N)cc3)c2-c2ccc(OC)cc2)cc1. The Hall–Kier alpha value is -7.59. The average molecular weight is 700 g/mol. The average Bonchev–Trinajstić information content (AvgIpc) is 3.25. The van der Waals surface area contributed by atoms with Crippen LogP contribution in [0.25, 0.3) is 71.6 Å². The van der Waals surface area contributed by atoms with Crippen molar-refractivity contribution in [2.45, 2.75) is 0 Å². The summed E-state index contributed by atoms with van der Waals surface area (Å²) in [6, 6.07) is 51.7. The normalized spacial score (nSPS) is 10.4. The molecule has 258 valence electrons. The summed E-state index contributed by atoms with van der Waals surface area (Å²) in [7, 11) is 4.95. The van der Waals surface area contributed by atoms with Crippen molar-refractivity contribution in [3.63, 3.8) is 0 Å². The van der Waals surface area contributed by atoms with Gasteiger partial charge in [-0.3, -0.25) is 0 Å². The molecule has 0 radical (unpaired) electrons. The predicted molar refractivity (Wildman–Crippen MR) is 214 cm³/mol. The Balaban J connectivity index is 1.79. The molecule has 7 rings (SSSR count). The van der Waals surface area contributed by atoms with Gasteiger partial charge in [0.25, 0.3) is 0 Å². The van der Waals surface area contributed by atoms with Crippen LogP contribution in [0.1, 0.15) is 11.1 Å². The van der Waals surface area contributed by atoms with Gasteiger partial charge in [0.1, 0.15) is 17.2 Å². The fourth-order valence-corrected chi connectivity index (χ4v) is 6.88. The third kappa shape index (κ3) is 6.62. The highest BCUT2D eigenvalue weighted by Crippen LogP contribution is 2.56. The molecule has 0 unspecified atom stereocenters. The van der Waals surface area contributed by atoms with Crippen LogP contribution in [0.2, 0.25) is 0 Å². The molecule has 0 spiro atoms. The zero-order valence-corrected chi connectivity index (χ0v) is 29.9. The lowest BCUT2D eigenvalue weighted by atomic mass is 9.74. The van der Waals surface area contributed by atoms with E-state index in [2.05, 4.69) is 53.4 Å². The number of ether oxygens (including phenoxy) is 3. The lowest BCUT2D eigenvalue weighted by Gasteiger charge is -2.29. The second kappa shape index (κ2) is 15.3. The number of methoxy groups -OCH3 is 3. The van der Waals surface area contributed by atoms with E-state index in [1.54, 1.807) is 21.3 Å². The fourth-order valence-electron chi connectivity index (χ4n) is 6.88. The van der Waals surface area contributed by atoms with Gasteiger partial charge in [-0.05, 0) is 127 Å². The van der Waals surface area contributed by atoms with Gasteiger partial charge in [-0.15, -0.1) is 0 Å².